The van der Waals surface area contributed by atoms with Crippen molar-refractivity contribution in [1.29, 1.82) is 0 Å². The molecule has 30 heavy (non-hydrogen) atoms. The molecule has 0 unspecified atom stereocenters. The van der Waals surface area contributed by atoms with Gasteiger partial charge < -0.3 is 33.2 Å². The highest BCUT2D eigenvalue weighted by atomic mass is 127. The van der Waals surface area contributed by atoms with Crippen LogP contribution in [0, 0.1) is 6.92 Å². The minimum Gasteiger partial charge on any atom is -1.00 e. The summed E-state index contributed by atoms with van der Waals surface area (Å²) in [6.45, 7) is 15.1. The lowest BCUT2D eigenvalue weighted by Crippen LogP contribution is -3.00. The molecule has 1 rings (SSSR count). The molecule has 0 saturated carbocycles. The van der Waals surface area contributed by atoms with Gasteiger partial charge in [0, 0.05) is 0 Å². The van der Waals surface area contributed by atoms with Gasteiger partial charge in [0.25, 0.3) is 0 Å². The fraction of sp³-hybridized carbons (Fsp3) is 0.778. The number of quaternary nitrogens is 1. The Hall–Kier alpha value is -0.290. The maximum atomic E-state index is 6.21. The smallest absolute Gasteiger partial charge is 0.137 e. The van der Waals surface area contributed by atoms with Gasteiger partial charge in [0.2, 0.25) is 0 Å². The van der Waals surface area contributed by atoms with Crippen LogP contribution in [0.15, 0.2) is 24.3 Å². The van der Waals surface area contributed by atoms with Gasteiger partial charge >= 0.3 is 0 Å². The summed E-state index contributed by atoms with van der Waals surface area (Å²) in [5, 5.41) is 0. The highest BCUT2D eigenvalue weighted by Crippen LogP contribution is 2.19. The van der Waals surface area contributed by atoms with Gasteiger partial charge in [0.05, 0.1) is 19.6 Å². The number of unbranched alkanes of at least 4 members (excludes halogenated alkanes) is 9. The highest BCUT2D eigenvalue weighted by molar-refractivity contribution is 5.27. The molecule has 176 valence electrons. The summed E-state index contributed by atoms with van der Waals surface area (Å²) < 4.78 is 7.49. The number of aryl methyl sites for hydroxylation is 1. The second-order valence-corrected chi connectivity index (χ2v) is 9.08. The average molecular weight is 532 g/mol. The Labute approximate surface area is 205 Å². The monoisotopic (exact) mass is 531 g/mol. The second-order valence-electron chi connectivity index (χ2n) is 9.08. The van der Waals surface area contributed by atoms with Gasteiger partial charge in [0.1, 0.15) is 18.9 Å². The van der Waals surface area contributed by atoms with E-state index in [4.69, 9.17) is 4.74 Å². The Balaban J connectivity index is 0.00000841. The zero-order valence-corrected chi connectivity index (χ0v) is 22.7. The molecule has 0 amide bonds. The van der Waals surface area contributed by atoms with Crippen molar-refractivity contribution in [3.05, 3.63) is 29.8 Å². The number of rotatable bonds is 19. The molecule has 0 aromatic heterocycles. The van der Waals surface area contributed by atoms with Crippen molar-refractivity contribution < 1.29 is 33.2 Å². The summed E-state index contributed by atoms with van der Waals surface area (Å²) in [6, 6.07) is 8.51. The van der Waals surface area contributed by atoms with Gasteiger partial charge in [-0.25, -0.2) is 0 Å². The molecule has 0 saturated heterocycles. The van der Waals surface area contributed by atoms with Crippen molar-refractivity contribution in [2.75, 3.05) is 32.8 Å². The highest BCUT2D eigenvalue weighted by Gasteiger charge is 2.26. The number of hydrogen-bond acceptors (Lipinski definition) is 1. The molecular formula is C27H50INO. The molecule has 0 atom stereocenters. The van der Waals surface area contributed by atoms with Crippen LogP contribution >= 0.6 is 0 Å². The molecule has 0 N–H and O–H groups in total. The van der Waals surface area contributed by atoms with E-state index in [1.165, 1.54) is 107 Å². The Morgan fingerprint density at radius 2 is 1.17 bits per heavy atom. The summed E-state index contributed by atoms with van der Waals surface area (Å²) >= 11 is 0. The van der Waals surface area contributed by atoms with Crippen molar-refractivity contribution in [2.45, 2.75) is 105 Å². The summed E-state index contributed by atoms with van der Waals surface area (Å²) in [5.74, 6) is 1.03. The maximum Gasteiger partial charge on any atom is 0.137 e. The first-order chi connectivity index (χ1) is 14.2. The summed E-state index contributed by atoms with van der Waals surface area (Å²) in [6.07, 6.45) is 16.4. The fourth-order valence-electron chi connectivity index (χ4n) is 4.36. The van der Waals surface area contributed by atoms with E-state index in [0.29, 0.717) is 0 Å². The lowest BCUT2D eigenvalue weighted by molar-refractivity contribution is -0.928. The standard InChI is InChI=1S/C27H50NO.HI/c1-5-8-11-14-20-28(21-15-12-9-6-2,22-16-13-10-7-3)23-24-29-27-19-17-18-26(4)25-27;/h17-19,25H,5-16,20-24H2,1-4H3;1H/q+1;/p-1. The van der Waals surface area contributed by atoms with Crippen LogP contribution in [-0.2, 0) is 0 Å². The van der Waals surface area contributed by atoms with Crippen LogP contribution in [-0.4, -0.2) is 37.3 Å². The quantitative estimate of drug-likeness (QED) is 0.140. The van der Waals surface area contributed by atoms with Gasteiger partial charge in [-0.3, -0.25) is 0 Å². The number of halogens is 1. The third-order valence-electron chi connectivity index (χ3n) is 6.28. The molecule has 1 aromatic carbocycles. The predicted octanol–water partition coefficient (Wildman–Crippen LogP) is 4.94. The van der Waals surface area contributed by atoms with Gasteiger partial charge in [-0.15, -0.1) is 0 Å². The van der Waals surface area contributed by atoms with Crippen molar-refractivity contribution >= 4 is 0 Å². The van der Waals surface area contributed by atoms with Crippen LogP contribution < -0.4 is 28.7 Å². The number of benzene rings is 1. The Kier molecular flexibility index (Phi) is 19.2. The minimum atomic E-state index is 0. The first-order valence-electron chi connectivity index (χ1n) is 12.7. The van der Waals surface area contributed by atoms with Crippen LogP contribution in [0.3, 0.4) is 0 Å². The lowest BCUT2D eigenvalue weighted by atomic mass is 10.1. The predicted molar refractivity (Wildman–Crippen MR) is 129 cm³/mol. The number of ether oxygens (including phenoxy) is 1. The van der Waals surface area contributed by atoms with Crippen LogP contribution in [0.25, 0.3) is 0 Å². The third-order valence-corrected chi connectivity index (χ3v) is 6.28. The Bertz CT molecular complexity index is 474. The average Bonchev–Trinajstić information content (AvgIpc) is 2.72. The first kappa shape index (κ1) is 29.7. The van der Waals surface area contributed by atoms with E-state index < -0.39 is 0 Å². The molecule has 0 spiro atoms. The Morgan fingerprint density at radius 3 is 1.60 bits per heavy atom. The molecule has 3 heteroatoms. The Morgan fingerprint density at radius 1 is 0.667 bits per heavy atom. The molecular weight excluding hydrogens is 481 g/mol. The molecule has 0 radical (unpaired) electrons. The van der Waals surface area contributed by atoms with Crippen molar-refractivity contribution in [3.8, 4) is 5.75 Å². The van der Waals surface area contributed by atoms with Crippen molar-refractivity contribution in [1.82, 2.24) is 0 Å². The van der Waals surface area contributed by atoms with Crippen LogP contribution in [0.2, 0.25) is 0 Å². The SMILES string of the molecule is CCCCCC[N+](CCCCCC)(CCCCCC)CCOc1cccc(C)c1.[I-]. The van der Waals surface area contributed by atoms with Crippen LogP contribution in [0.1, 0.15) is 103 Å². The minimum absolute atomic E-state index is 0. The molecule has 1 aromatic rings. The zero-order chi connectivity index (χ0) is 21.2. The number of hydrogen-bond donors (Lipinski definition) is 0. The van der Waals surface area contributed by atoms with E-state index in [0.717, 1.165) is 18.9 Å². The zero-order valence-electron chi connectivity index (χ0n) is 20.6. The fourth-order valence-corrected chi connectivity index (χ4v) is 4.36. The van der Waals surface area contributed by atoms with E-state index in [1.54, 1.807) is 0 Å². The van der Waals surface area contributed by atoms with Crippen molar-refractivity contribution in [2.24, 2.45) is 0 Å². The molecule has 0 aliphatic carbocycles. The molecule has 0 aliphatic rings. The molecule has 0 aliphatic heterocycles. The van der Waals surface area contributed by atoms with Crippen LogP contribution in [0.4, 0.5) is 0 Å². The third kappa shape index (κ3) is 13.9. The van der Waals surface area contributed by atoms with E-state index in [-0.39, 0.29) is 24.0 Å². The summed E-state index contributed by atoms with van der Waals surface area (Å²) in [5.41, 5.74) is 1.28. The van der Waals surface area contributed by atoms with E-state index in [1.807, 2.05) is 0 Å². The van der Waals surface area contributed by atoms with E-state index >= 15 is 0 Å². The molecule has 0 bridgehead atoms. The van der Waals surface area contributed by atoms with Crippen LogP contribution in [0.5, 0.6) is 5.75 Å². The molecule has 0 heterocycles. The number of nitrogens with zero attached hydrogens (tertiary/aromatic N) is 1. The summed E-state index contributed by atoms with van der Waals surface area (Å²) in [4.78, 5) is 0. The summed E-state index contributed by atoms with van der Waals surface area (Å²) in [7, 11) is 0. The molecule has 2 nitrogen and oxygen atoms in total. The van der Waals surface area contributed by atoms with Gasteiger partial charge in [0.15, 0.2) is 0 Å². The van der Waals surface area contributed by atoms with Gasteiger partial charge in [-0.05, 0) is 63.1 Å². The van der Waals surface area contributed by atoms with Gasteiger partial charge in [-0.1, -0.05) is 71.4 Å². The topological polar surface area (TPSA) is 9.23 Å². The van der Waals surface area contributed by atoms with Crippen molar-refractivity contribution in [3.63, 3.8) is 0 Å². The first-order valence-corrected chi connectivity index (χ1v) is 12.7. The molecule has 0 fully saturated rings. The second kappa shape index (κ2) is 19.4. The normalized spacial score (nSPS) is 11.3. The van der Waals surface area contributed by atoms with E-state index in [2.05, 4.69) is 52.0 Å². The van der Waals surface area contributed by atoms with Gasteiger partial charge in [-0.2, -0.15) is 0 Å². The lowest BCUT2D eigenvalue weighted by Gasteiger charge is -2.39. The van der Waals surface area contributed by atoms with E-state index in [9.17, 15) is 0 Å². The maximum absolute atomic E-state index is 6.21. The largest absolute Gasteiger partial charge is 1.00 e.